The first-order valence-corrected chi connectivity index (χ1v) is 15.6. The van der Waals surface area contributed by atoms with Gasteiger partial charge in [-0.25, -0.2) is 9.78 Å². The number of nitrogens with zero attached hydrogens (tertiary/aromatic N) is 6. The fraction of sp³-hybridized carbons (Fsp3) is 0.515. The number of piperidine rings is 1. The van der Waals surface area contributed by atoms with Gasteiger partial charge in [-0.05, 0) is 64.7 Å². The van der Waals surface area contributed by atoms with Gasteiger partial charge in [0.15, 0.2) is 11.5 Å². The lowest BCUT2D eigenvalue weighted by Crippen LogP contribution is -2.45. The van der Waals surface area contributed by atoms with E-state index in [1.54, 1.807) is 11.6 Å². The molecule has 2 aromatic heterocycles. The van der Waals surface area contributed by atoms with Crippen molar-refractivity contribution in [3.8, 4) is 11.5 Å². The first kappa shape index (κ1) is 33.1. The molecule has 0 spiro atoms. The molecule has 2 aromatic carbocycles. The van der Waals surface area contributed by atoms with Crippen LogP contribution in [-0.4, -0.2) is 58.5 Å². The van der Waals surface area contributed by atoms with E-state index >= 15 is 0 Å². The molecular formula is C33H45ClN6O4. The summed E-state index contributed by atoms with van der Waals surface area (Å²) < 4.78 is 15.0. The van der Waals surface area contributed by atoms with Crippen molar-refractivity contribution < 1.29 is 9.47 Å². The topological polar surface area (TPSA) is 94.7 Å². The molecule has 1 aliphatic heterocycles. The molecule has 11 heteroatoms. The Morgan fingerprint density at radius 1 is 0.886 bits per heavy atom. The first-order chi connectivity index (χ1) is 20.8. The zero-order valence-electron chi connectivity index (χ0n) is 26.8. The summed E-state index contributed by atoms with van der Waals surface area (Å²) in [6.07, 6.45) is 3.28. The maximum Gasteiger partial charge on any atom is 0.331 e. The Labute approximate surface area is 265 Å². The van der Waals surface area contributed by atoms with Crippen LogP contribution in [0.15, 0.2) is 39.9 Å². The highest BCUT2D eigenvalue weighted by Gasteiger charge is 2.28. The molecule has 1 fully saturated rings. The van der Waals surface area contributed by atoms with Crippen molar-refractivity contribution in [2.24, 2.45) is 7.05 Å². The Morgan fingerprint density at radius 2 is 1.52 bits per heavy atom. The molecule has 0 amide bonds. The summed E-state index contributed by atoms with van der Waals surface area (Å²) in [7, 11) is 1.74. The van der Waals surface area contributed by atoms with Crippen molar-refractivity contribution in [2.75, 3.05) is 49.2 Å². The highest BCUT2D eigenvalue weighted by molar-refractivity contribution is 5.93. The van der Waals surface area contributed by atoms with Crippen LogP contribution < -0.4 is 30.5 Å². The number of halogens is 1. The Bertz CT molecular complexity index is 1720. The smallest absolute Gasteiger partial charge is 0.331 e. The predicted octanol–water partition coefficient (Wildman–Crippen LogP) is 5.64. The number of ether oxygens (including phenoxy) is 2. The van der Waals surface area contributed by atoms with Gasteiger partial charge in [0.05, 0.1) is 29.6 Å². The second kappa shape index (κ2) is 14.3. The molecule has 0 saturated carbocycles. The minimum atomic E-state index is -0.269. The van der Waals surface area contributed by atoms with Gasteiger partial charge in [-0.2, -0.15) is 4.98 Å². The average molecular weight is 625 g/mol. The lowest BCUT2D eigenvalue weighted by molar-refractivity contribution is 0.288. The standard InChI is InChI=1S/C33H44N6O4.ClH/c1-7-15-38(16-8-2)32-34-26-21-29(43-10-4)28(42-9-3)20-24(26)30(35-32)37-17-13-23(14-18-37)39-31(40)25-19-22(5)11-12-27(25)36(6)33(39)41;/h11-12,19-21,23H,7-10,13-18H2,1-6H3;1H. The number of aryl methyl sites for hydroxylation is 2. The van der Waals surface area contributed by atoms with Gasteiger partial charge in [0, 0.05) is 50.7 Å². The normalized spacial score (nSPS) is 13.7. The molecule has 1 saturated heterocycles. The monoisotopic (exact) mass is 624 g/mol. The summed E-state index contributed by atoms with van der Waals surface area (Å²) in [5.41, 5.74) is 1.98. The fourth-order valence-corrected chi connectivity index (χ4v) is 6.13. The molecule has 10 nitrogen and oxygen atoms in total. The van der Waals surface area contributed by atoms with Crippen LogP contribution in [0.1, 0.15) is 65.0 Å². The zero-order chi connectivity index (χ0) is 30.7. The summed E-state index contributed by atoms with van der Waals surface area (Å²) in [4.78, 5) is 41.6. The minimum absolute atomic E-state index is 0. The van der Waals surface area contributed by atoms with E-state index in [0.717, 1.165) is 48.2 Å². The predicted molar refractivity (Wildman–Crippen MR) is 181 cm³/mol. The summed E-state index contributed by atoms with van der Waals surface area (Å²) in [5, 5.41) is 1.48. The second-order valence-electron chi connectivity index (χ2n) is 11.3. The van der Waals surface area contributed by atoms with E-state index in [2.05, 4.69) is 23.6 Å². The highest BCUT2D eigenvalue weighted by Crippen LogP contribution is 2.38. The molecule has 3 heterocycles. The van der Waals surface area contributed by atoms with Gasteiger partial charge in [0.2, 0.25) is 5.95 Å². The van der Waals surface area contributed by atoms with Crippen LogP contribution in [-0.2, 0) is 7.05 Å². The van der Waals surface area contributed by atoms with Gasteiger partial charge in [0.25, 0.3) is 5.56 Å². The lowest BCUT2D eigenvalue weighted by atomic mass is 10.0. The number of rotatable bonds is 11. The minimum Gasteiger partial charge on any atom is -0.490 e. The molecule has 4 aromatic rings. The lowest BCUT2D eigenvalue weighted by Gasteiger charge is -2.34. The molecule has 0 unspecified atom stereocenters. The molecule has 0 bridgehead atoms. The van der Waals surface area contributed by atoms with Crippen LogP contribution in [0.25, 0.3) is 21.8 Å². The van der Waals surface area contributed by atoms with Crippen LogP contribution in [0, 0.1) is 6.92 Å². The van der Waals surface area contributed by atoms with Crippen molar-refractivity contribution in [1.82, 2.24) is 19.1 Å². The van der Waals surface area contributed by atoms with E-state index in [1.165, 1.54) is 4.57 Å². The van der Waals surface area contributed by atoms with E-state index in [4.69, 9.17) is 19.4 Å². The maximum atomic E-state index is 13.6. The van der Waals surface area contributed by atoms with Gasteiger partial charge in [-0.15, -0.1) is 12.4 Å². The zero-order valence-corrected chi connectivity index (χ0v) is 27.6. The van der Waals surface area contributed by atoms with Crippen molar-refractivity contribution in [2.45, 2.75) is 66.3 Å². The van der Waals surface area contributed by atoms with Crippen LogP contribution in [0.4, 0.5) is 11.8 Å². The molecule has 0 aliphatic carbocycles. The molecule has 44 heavy (non-hydrogen) atoms. The Hall–Kier alpha value is -3.79. The molecule has 0 N–H and O–H groups in total. The number of anilines is 2. The van der Waals surface area contributed by atoms with Crippen molar-refractivity contribution in [1.29, 1.82) is 0 Å². The fourth-order valence-electron chi connectivity index (χ4n) is 6.13. The molecule has 1 aliphatic rings. The SMILES string of the molecule is CCCN(CCC)c1nc(N2CCC(n3c(=O)c4cc(C)ccc4n(C)c3=O)CC2)c2cc(OCC)c(OCC)cc2n1.Cl. The Balaban J connectivity index is 0.00000442. The summed E-state index contributed by atoms with van der Waals surface area (Å²) in [6.45, 7) is 14.3. The number of aromatic nitrogens is 4. The van der Waals surface area contributed by atoms with E-state index in [9.17, 15) is 9.59 Å². The maximum absolute atomic E-state index is 13.6. The van der Waals surface area contributed by atoms with Gasteiger partial charge >= 0.3 is 5.69 Å². The van der Waals surface area contributed by atoms with Crippen LogP contribution >= 0.6 is 12.4 Å². The van der Waals surface area contributed by atoms with Crippen molar-refractivity contribution in [3.63, 3.8) is 0 Å². The van der Waals surface area contributed by atoms with Crippen LogP contribution in [0.5, 0.6) is 11.5 Å². The Morgan fingerprint density at radius 3 is 2.14 bits per heavy atom. The number of benzene rings is 2. The van der Waals surface area contributed by atoms with Crippen molar-refractivity contribution >= 4 is 46.0 Å². The van der Waals surface area contributed by atoms with Gasteiger partial charge < -0.3 is 19.3 Å². The second-order valence-corrected chi connectivity index (χ2v) is 11.3. The quantitative estimate of drug-likeness (QED) is 0.212. The first-order valence-electron chi connectivity index (χ1n) is 15.6. The molecular weight excluding hydrogens is 580 g/mol. The van der Waals surface area contributed by atoms with E-state index in [1.807, 2.05) is 51.1 Å². The number of hydrogen-bond acceptors (Lipinski definition) is 8. The largest absolute Gasteiger partial charge is 0.490 e. The molecule has 5 rings (SSSR count). The van der Waals surface area contributed by atoms with Crippen LogP contribution in [0.2, 0.25) is 0 Å². The summed E-state index contributed by atoms with van der Waals surface area (Å²) in [6, 6.07) is 9.42. The van der Waals surface area contributed by atoms with Gasteiger partial charge in [0.1, 0.15) is 5.82 Å². The van der Waals surface area contributed by atoms with Crippen molar-refractivity contribution in [3.05, 3.63) is 56.7 Å². The average Bonchev–Trinajstić information content (AvgIpc) is 3.00. The Kier molecular flexibility index (Phi) is 10.8. The molecule has 0 atom stereocenters. The van der Waals surface area contributed by atoms with Gasteiger partial charge in [-0.1, -0.05) is 25.5 Å². The van der Waals surface area contributed by atoms with E-state index in [0.29, 0.717) is 67.5 Å². The third-order valence-corrected chi connectivity index (χ3v) is 8.18. The molecule has 0 radical (unpaired) electrons. The summed E-state index contributed by atoms with van der Waals surface area (Å²) in [5.74, 6) is 2.89. The number of fused-ring (bicyclic) bond motifs is 2. The number of hydrogen-bond donors (Lipinski definition) is 0. The third kappa shape index (κ3) is 6.36. The highest BCUT2D eigenvalue weighted by atomic mass is 35.5. The van der Waals surface area contributed by atoms with E-state index in [-0.39, 0.29) is 29.7 Å². The third-order valence-electron chi connectivity index (χ3n) is 8.18. The summed E-state index contributed by atoms with van der Waals surface area (Å²) >= 11 is 0. The van der Waals surface area contributed by atoms with Gasteiger partial charge in [-0.3, -0.25) is 13.9 Å². The van der Waals surface area contributed by atoms with Crippen LogP contribution in [0.3, 0.4) is 0 Å². The van der Waals surface area contributed by atoms with E-state index < -0.39 is 0 Å². The molecule has 238 valence electrons.